The van der Waals surface area contributed by atoms with Gasteiger partial charge in [0, 0.05) is 13.2 Å². The normalized spacial score (nSPS) is 9.75. The highest BCUT2D eigenvalue weighted by Crippen LogP contribution is 1.76. The van der Waals surface area contributed by atoms with Crippen LogP contribution in [0, 0.1) is 0 Å². The van der Waals surface area contributed by atoms with Crippen LogP contribution < -0.4 is 11.3 Å². The van der Waals surface area contributed by atoms with Crippen LogP contribution in [0.5, 0.6) is 0 Å². The molecule has 0 aromatic heterocycles. The Morgan fingerprint density at radius 2 is 2.25 bits per heavy atom. The second kappa shape index (κ2) is 6.88. The van der Waals surface area contributed by atoms with Crippen molar-refractivity contribution in [3.63, 3.8) is 0 Å². The second-order valence-corrected chi connectivity index (χ2v) is 1.57. The number of hydrogen-bond donors (Lipinski definition) is 2. The number of nitrogens with two attached hydrogens (primary N) is 1. The summed E-state index contributed by atoms with van der Waals surface area (Å²) in [5, 5.41) is 0. The molecule has 0 rings (SSSR count). The van der Waals surface area contributed by atoms with E-state index in [0.717, 1.165) is 19.6 Å². The summed E-state index contributed by atoms with van der Waals surface area (Å²) in [6.07, 6.45) is 1.07. The third-order valence-corrected chi connectivity index (χ3v) is 0.739. The standard InChI is InChI=1S/C5H14N2O/c1-2-4-8-5-3-7-6/h7H,2-6H2,1H3. The van der Waals surface area contributed by atoms with Crippen LogP contribution in [0.3, 0.4) is 0 Å². The maximum absolute atomic E-state index is 5.08. The first-order valence-electron chi connectivity index (χ1n) is 2.93. The molecule has 3 heteroatoms. The molecule has 0 saturated heterocycles. The van der Waals surface area contributed by atoms with Crippen molar-refractivity contribution in [1.82, 2.24) is 5.43 Å². The highest BCUT2D eigenvalue weighted by Gasteiger charge is 1.81. The number of ether oxygens (including phenoxy) is 1. The molecule has 0 aromatic carbocycles. The largest absolute Gasteiger partial charge is 0.380 e. The van der Waals surface area contributed by atoms with Gasteiger partial charge in [-0.2, -0.15) is 0 Å². The predicted molar refractivity (Wildman–Crippen MR) is 33.3 cm³/mol. The zero-order valence-corrected chi connectivity index (χ0v) is 5.31. The van der Waals surface area contributed by atoms with E-state index in [9.17, 15) is 0 Å². The fourth-order valence-electron chi connectivity index (χ4n) is 0.377. The van der Waals surface area contributed by atoms with Gasteiger partial charge in [-0.1, -0.05) is 6.92 Å². The van der Waals surface area contributed by atoms with E-state index in [-0.39, 0.29) is 0 Å². The lowest BCUT2D eigenvalue weighted by atomic mass is 10.5. The Labute approximate surface area is 50.2 Å². The SMILES string of the molecule is CCCOCCNN. The lowest BCUT2D eigenvalue weighted by Crippen LogP contribution is -2.26. The van der Waals surface area contributed by atoms with Gasteiger partial charge in [-0.05, 0) is 6.42 Å². The molecule has 0 saturated carbocycles. The highest BCUT2D eigenvalue weighted by molar-refractivity contribution is 4.32. The molecule has 0 spiro atoms. The quantitative estimate of drug-likeness (QED) is 0.300. The zero-order chi connectivity index (χ0) is 6.24. The van der Waals surface area contributed by atoms with Crippen molar-refractivity contribution in [3.05, 3.63) is 0 Å². The minimum absolute atomic E-state index is 0.713. The Balaban J connectivity index is 2.53. The monoisotopic (exact) mass is 118 g/mol. The lowest BCUT2D eigenvalue weighted by Gasteiger charge is -1.98. The van der Waals surface area contributed by atoms with Crippen molar-refractivity contribution in [3.8, 4) is 0 Å². The molecule has 0 heterocycles. The molecule has 0 aromatic rings. The van der Waals surface area contributed by atoms with Crippen molar-refractivity contribution < 1.29 is 4.74 Å². The zero-order valence-electron chi connectivity index (χ0n) is 5.31. The fourth-order valence-corrected chi connectivity index (χ4v) is 0.377. The van der Waals surface area contributed by atoms with Gasteiger partial charge in [0.15, 0.2) is 0 Å². The molecule has 0 radical (unpaired) electrons. The summed E-state index contributed by atoms with van der Waals surface area (Å²) in [7, 11) is 0. The molecular weight excluding hydrogens is 104 g/mol. The summed E-state index contributed by atoms with van der Waals surface area (Å²) in [5.74, 6) is 4.98. The van der Waals surface area contributed by atoms with Crippen molar-refractivity contribution in [2.45, 2.75) is 13.3 Å². The Kier molecular flexibility index (Phi) is 6.78. The Hall–Kier alpha value is -0.120. The average molecular weight is 118 g/mol. The molecule has 3 N–H and O–H groups in total. The van der Waals surface area contributed by atoms with E-state index < -0.39 is 0 Å². The van der Waals surface area contributed by atoms with Crippen molar-refractivity contribution in [1.29, 1.82) is 0 Å². The Bertz CT molecular complexity index is 35.4. The maximum atomic E-state index is 5.08. The average Bonchev–Trinajstić information content (AvgIpc) is 1.81. The molecule has 0 atom stereocenters. The van der Waals surface area contributed by atoms with Crippen LogP contribution in [0.25, 0.3) is 0 Å². The molecule has 0 fully saturated rings. The Morgan fingerprint density at radius 3 is 2.75 bits per heavy atom. The summed E-state index contributed by atoms with van der Waals surface area (Å²) >= 11 is 0. The minimum Gasteiger partial charge on any atom is -0.380 e. The van der Waals surface area contributed by atoms with Gasteiger partial charge in [-0.25, -0.2) is 0 Å². The molecule has 0 aliphatic rings. The van der Waals surface area contributed by atoms with Crippen LogP contribution in [0.2, 0.25) is 0 Å². The lowest BCUT2D eigenvalue weighted by molar-refractivity contribution is 0.137. The Morgan fingerprint density at radius 1 is 1.50 bits per heavy atom. The van der Waals surface area contributed by atoms with Crippen LogP contribution in [0.15, 0.2) is 0 Å². The molecule has 0 aliphatic heterocycles. The third kappa shape index (κ3) is 5.88. The van der Waals surface area contributed by atoms with Gasteiger partial charge in [0.2, 0.25) is 0 Å². The molecule has 0 amide bonds. The summed E-state index contributed by atoms with van der Waals surface area (Å²) in [5.41, 5.74) is 2.50. The number of nitrogens with one attached hydrogen (secondary N) is 1. The van der Waals surface area contributed by atoms with Gasteiger partial charge >= 0.3 is 0 Å². The smallest absolute Gasteiger partial charge is 0.0604 e. The van der Waals surface area contributed by atoms with Gasteiger partial charge in [-0.15, -0.1) is 0 Å². The first kappa shape index (κ1) is 7.88. The topological polar surface area (TPSA) is 47.3 Å². The first-order valence-corrected chi connectivity index (χ1v) is 2.93. The van der Waals surface area contributed by atoms with Crippen LogP contribution >= 0.6 is 0 Å². The van der Waals surface area contributed by atoms with Gasteiger partial charge in [0.1, 0.15) is 0 Å². The van der Waals surface area contributed by atoms with Crippen LogP contribution in [0.1, 0.15) is 13.3 Å². The van der Waals surface area contributed by atoms with E-state index in [1.54, 1.807) is 0 Å². The van der Waals surface area contributed by atoms with Crippen LogP contribution in [0.4, 0.5) is 0 Å². The first-order chi connectivity index (χ1) is 3.91. The molecule has 3 nitrogen and oxygen atoms in total. The number of hydrazine groups is 1. The molecule has 8 heavy (non-hydrogen) atoms. The maximum Gasteiger partial charge on any atom is 0.0604 e. The number of rotatable bonds is 5. The second-order valence-electron chi connectivity index (χ2n) is 1.57. The van der Waals surface area contributed by atoms with Crippen LogP contribution in [-0.4, -0.2) is 19.8 Å². The van der Waals surface area contributed by atoms with Gasteiger partial charge < -0.3 is 4.74 Å². The van der Waals surface area contributed by atoms with Crippen molar-refractivity contribution >= 4 is 0 Å². The van der Waals surface area contributed by atoms with E-state index in [1.807, 2.05) is 0 Å². The third-order valence-electron chi connectivity index (χ3n) is 0.739. The van der Waals surface area contributed by atoms with Gasteiger partial charge in [-0.3, -0.25) is 11.3 Å². The van der Waals surface area contributed by atoms with E-state index in [2.05, 4.69) is 12.3 Å². The van der Waals surface area contributed by atoms with E-state index in [0.29, 0.717) is 6.61 Å². The summed E-state index contributed by atoms with van der Waals surface area (Å²) in [4.78, 5) is 0. The van der Waals surface area contributed by atoms with Crippen molar-refractivity contribution in [2.75, 3.05) is 19.8 Å². The van der Waals surface area contributed by atoms with Crippen molar-refractivity contribution in [2.24, 2.45) is 5.84 Å². The highest BCUT2D eigenvalue weighted by atomic mass is 16.5. The molecular formula is C5H14N2O. The summed E-state index contributed by atoms with van der Waals surface area (Å²) in [6, 6.07) is 0. The molecule has 0 bridgehead atoms. The fraction of sp³-hybridized carbons (Fsp3) is 1.00. The van der Waals surface area contributed by atoms with Crippen LogP contribution in [-0.2, 0) is 4.74 Å². The van der Waals surface area contributed by atoms with Gasteiger partial charge in [0.25, 0.3) is 0 Å². The predicted octanol–water partition coefficient (Wildman–Crippen LogP) is -0.124. The van der Waals surface area contributed by atoms with E-state index in [4.69, 9.17) is 10.6 Å². The van der Waals surface area contributed by atoms with E-state index >= 15 is 0 Å². The summed E-state index contributed by atoms with van der Waals surface area (Å²) < 4.78 is 5.08. The minimum atomic E-state index is 0.713. The molecule has 0 aliphatic carbocycles. The van der Waals surface area contributed by atoms with E-state index in [1.165, 1.54) is 0 Å². The number of hydrogen-bond acceptors (Lipinski definition) is 3. The van der Waals surface area contributed by atoms with Gasteiger partial charge in [0.05, 0.1) is 6.61 Å². The molecule has 50 valence electrons. The summed E-state index contributed by atoms with van der Waals surface area (Å²) in [6.45, 7) is 4.36. The molecule has 0 unspecified atom stereocenters.